The fourth-order valence-corrected chi connectivity index (χ4v) is 1.80. The van der Waals surface area contributed by atoms with E-state index in [1.165, 1.54) is 12.1 Å². The van der Waals surface area contributed by atoms with Gasteiger partial charge in [-0.2, -0.15) is 0 Å². The van der Waals surface area contributed by atoms with Crippen molar-refractivity contribution in [1.29, 1.82) is 0 Å². The first-order valence-electron chi connectivity index (χ1n) is 5.22. The number of benzene rings is 1. The summed E-state index contributed by atoms with van der Waals surface area (Å²) in [7, 11) is 3.51. The Morgan fingerprint density at radius 3 is 2.75 bits per heavy atom. The van der Waals surface area contributed by atoms with Crippen LogP contribution in [0.4, 0.5) is 4.39 Å². The number of halogens is 2. The van der Waals surface area contributed by atoms with Crippen molar-refractivity contribution >= 4 is 11.6 Å². The van der Waals surface area contributed by atoms with E-state index in [-0.39, 0.29) is 18.0 Å². The lowest BCUT2D eigenvalue weighted by molar-refractivity contribution is 0.0857. The van der Waals surface area contributed by atoms with E-state index in [2.05, 4.69) is 5.32 Å². The van der Waals surface area contributed by atoms with Crippen LogP contribution < -0.4 is 5.32 Å². The van der Waals surface area contributed by atoms with E-state index in [0.717, 1.165) is 5.56 Å². The average molecular weight is 246 g/mol. The Kier molecular flexibility index (Phi) is 5.19. The second-order valence-corrected chi connectivity index (χ2v) is 4.18. The third-order valence-corrected chi connectivity index (χ3v) is 3.13. The van der Waals surface area contributed by atoms with E-state index in [9.17, 15) is 4.39 Å². The minimum Gasteiger partial charge on any atom is -0.380 e. The van der Waals surface area contributed by atoms with Crippen molar-refractivity contribution in [3.8, 4) is 0 Å². The van der Waals surface area contributed by atoms with Gasteiger partial charge in [0.2, 0.25) is 0 Å². The first-order chi connectivity index (χ1) is 7.58. The molecule has 1 aromatic rings. The maximum absolute atomic E-state index is 13.1. The third-order valence-electron chi connectivity index (χ3n) is 2.76. The smallest absolute Gasteiger partial charge is 0.123 e. The molecule has 0 amide bonds. The van der Waals surface area contributed by atoms with Crippen LogP contribution in [0.5, 0.6) is 0 Å². The van der Waals surface area contributed by atoms with Crippen LogP contribution in [-0.4, -0.2) is 26.3 Å². The fourth-order valence-electron chi connectivity index (χ4n) is 1.60. The molecule has 0 aliphatic heterocycles. The Labute approximate surface area is 101 Å². The lowest BCUT2D eigenvalue weighted by Crippen LogP contribution is -2.38. The van der Waals surface area contributed by atoms with Gasteiger partial charge in [0.25, 0.3) is 0 Å². The average Bonchev–Trinajstić information content (AvgIpc) is 2.29. The summed E-state index contributed by atoms with van der Waals surface area (Å²) in [5.74, 6) is -0.265. The van der Waals surface area contributed by atoms with Crippen LogP contribution in [0.3, 0.4) is 0 Å². The van der Waals surface area contributed by atoms with Gasteiger partial charge in [-0.1, -0.05) is 11.6 Å². The van der Waals surface area contributed by atoms with Gasteiger partial charge in [0.15, 0.2) is 0 Å². The normalized spacial score (nSPS) is 14.8. The SMILES string of the molecule is CNC(Cc1cc(F)ccc1Cl)C(C)OC. The predicted octanol–water partition coefficient (Wildman–Crippen LogP) is 2.64. The summed E-state index contributed by atoms with van der Waals surface area (Å²) in [5, 5.41) is 3.73. The summed E-state index contributed by atoms with van der Waals surface area (Å²) in [5.41, 5.74) is 0.796. The van der Waals surface area contributed by atoms with Gasteiger partial charge in [-0.25, -0.2) is 4.39 Å². The molecular formula is C12H17ClFNO. The summed E-state index contributed by atoms with van der Waals surface area (Å²) < 4.78 is 18.3. The maximum atomic E-state index is 13.1. The highest BCUT2D eigenvalue weighted by molar-refractivity contribution is 6.31. The van der Waals surface area contributed by atoms with E-state index in [1.54, 1.807) is 13.2 Å². The lowest BCUT2D eigenvalue weighted by atomic mass is 10.0. The second-order valence-electron chi connectivity index (χ2n) is 3.78. The number of ether oxygens (including phenoxy) is 1. The van der Waals surface area contributed by atoms with E-state index < -0.39 is 0 Å². The number of hydrogen-bond acceptors (Lipinski definition) is 2. The van der Waals surface area contributed by atoms with E-state index in [0.29, 0.717) is 11.4 Å². The Balaban J connectivity index is 2.81. The summed E-state index contributed by atoms with van der Waals surface area (Å²) >= 11 is 6.01. The molecule has 1 aromatic carbocycles. The molecule has 0 bridgehead atoms. The Bertz CT molecular complexity index is 346. The van der Waals surface area contributed by atoms with E-state index in [4.69, 9.17) is 16.3 Å². The van der Waals surface area contributed by atoms with Crippen molar-refractivity contribution in [2.24, 2.45) is 0 Å². The van der Waals surface area contributed by atoms with Crippen LogP contribution in [-0.2, 0) is 11.2 Å². The summed E-state index contributed by atoms with van der Waals surface area (Å²) in [4.78, 5) is 0. The monoisotopic (exact) mass is 245 g/mol. The first-order valence-corrected chi connectivity index (χ1v) is 5.60. The molecule has 0 radical (unpaired) electrons. The Morgan fingerprint density at radius 1 is 1.50 bits per heavy atom. The topological polar surface area (TPSA) is 21.3 Å². The van der Waals surface area contributed by atoms with Crippen molar-refractivity contribution < 1.29 is 9.13 Å². The molecule has 2 unspecified atom stereocenters. The minimum atomic E-state index is -0.265. The highest BCUT2D eigenvalue weighted by Crippen LogP contribution is 2.19. The molecule has 0 fully saturated rings. The molecule has 0 aliphatic carbocycles. The lowest BCUT2D eigenvalue weighted by Gasteiger charge is -2.22. The van der Waals surface area contributed by atoms with Crippen LogP contribution >= 0.6 is 11.6 Å². The van der Waals surface area contributed by atoms with Crippen molar-refractivity contribution in [2.75, 3.05) is 14.2 Å². The number of hydrogen-bond donors (Lipinski definition) is 1. The molecule has 0 saturated heterocycles. The van der Waals surface area contributed by atoms with Crippen LogP contribution in [0.2, 0.25) is 5.02 Å². The molecule has 0 aliphatic rings. The van der Waals surface area contributed by atoms with Crippen molar-refractivity contribution in [3.05, 3.63) is 34.6 Å². The van der Waals surface area contributed by atoms with Gasteiger partial charge in [0.1, 0.15) is 5.82 Å². The van der Waals surface area contributed by atoms with Crippen LogP contribution in [0.1, 0.15) is 12.5 Å². The van der Waals surface area contributed by atoms with E-state index >= 15 is 0 Å². The summed E-state index contributed by atoms with van der Waals surface area (Å²) in [6.07, 6.45) is 0.687. The number of rotatable bonds is 5. The fraction of sp³-hybridized carbons (Fsp3) is 0.500. The molecule has 90 valence electrons. The molecule has 0 spiro atoms. The van der Waals surface area contributed by atoms with Crippen molar-refractivity contribution in [1.82, 2.24) is 5.32 Å². The van der Waals surface area contributed by atoms with Gasteiger partial charge >= 0.3 is 0 Å². The van der Waals surface area contributed by atoms with Gasteiger partial charge in [-0.3, -0.25) is 0 Å². The highest BCUT2D eigenvalue weighted by atomic mass is 35.5. The zero-order chi connectivity index (χ0) is 12.1. The predicted molar refractivity (Wildman–Crippen MR) is 64.4 cm³/mol. The first kappa shape index (κ1) is 13.4. The molecule has 16 heavy (non-hydrogen) atoms. The number of nitrogens with one attached hydrogen (secondary N) is 1. The summed E-state index contributed by atoms with van der Waals surface area (Å²) in [6.45, 7) is 1.97. The zero-order valence-electron chi connectivity index (χ0n) is 9.76. The largest absolute Gasteiger partial charge is 0.380 e. The minimum absolute atomic E-state index is 0.0457. The number of methoxy groups -OCH3 is 1. The molecule has 0 saturated carbocycles. The van der Waals surface area contributed by atoms with Gasteiger partial charge in [-0.15, -0.1) is 0 Å². The second kappa shape index (κ2) is 6.18. The third kappa shape index (κ3) is 3.44. The van der Waals surface area contributed by atoms with Gasteiger partial charge < -0.3 is 10.1 Å². The molecule has 0 heterocycles. The van der Waals surface area contributed by atoms with Crippen molar-refractivity contribution in [2.45, 2.75) is 25.5 Å². The molecule has 1 rings (SSSR count). The number of likely N-dealkylation sites (N-methyl/N-ethyl adjacent to an activating group) is 1. The zero-order valence-corrected chi connectivity index (χ0v) is 10.5. The van der Waals surface area contributed by atoms with Crippen LogP contribution in [0, 0.1) is 5.82 Å². The Morgan fingerprint density at radius 2 is 2.19 bits per heavy atom. The van der Waals surface area contributed by atoms with E-state index in [1.807, 2.05) is 14.0 Å². The quantitative estimate of drug-likeness (QED) is 0.861. The molecular weight excluding hydrogens is 229 g/mol. The molecule has 1 N–H and O–H groups in total. The highest BCUT2D eigenvalue weighted by Gasteiger charge is 2.16. The Hall–Kier alpha value is -0.640. The van der Waals surface area contributed by atoms with Crippen molar-refractivity contribution in [3.63, 3.8) is 0 Å². The van der Waals surface area contributed by atoms with Crippen LogP contribution in [0.15, 0.2) is 18.2 Å². The summed E-state index contributed by atoms with van der Waals surface area (Å²) in [6, 6.07) is 4.52. The van der Waals surface area contributed by atoms with Gasteiger partial charge in [0.05, 0.1) is 6.10 Å². The maximum Gasteiger partial charge on any atom is 0.123 e. The molecule has 2 nitrogen and oxygen atoms in total. The molecule has 2 atom stereocenters. The molecule has 4 heteroatoms. The standard InChI is InChI=1S/C12H17ClFNO/c1-8(16-3)12(15-2)7-9-6-10(14)4-5-11(9)13/h4-6,8,12,15H,7H2,1-3H3. The van der Waals surface area contributed by atoms with Gasteiger partial charge in [0, 0.05) is 18.2 Å². The van der Waals surface area contributed by atoms with Crippen LogP contribution in [0.25, 0.3) is 0 Å². The molecule has 0 aromatic heterocycles. The van der Waals surface area contributed by atoms with Gasteiger partial charge in [-0.05, 0) is 44.2 Å².